The molecular formula is C15H18N2OS. The molecule has 2 rings (SSSR count). The van der Waals surface area contributed by atoms with Gasteiger partial charge in [0.2, 0.25) is 0 Å². The van der Waals surface area contributed by atoms with Crippen LogP contribution in [0.15, 0.2) is 24.3 Å². The molecule has 0 N–H and O–H groups in total. The summed E-state index contributed by atoms with van der Waals surface area (Å²) < 4.78 is 0.250. The minimum Gasteiger partial charge on any atom is -0.338 e. The van der Waals surface area contributed by atoms with Gasteiger partial charge in [-0.2, -0.15) is 17.0 Å². The predicted octanol–water partition coefficient (Wildman–Crippen LogP) is 2.92. The molecule has 1 aliphatic heterocycles. The summed E-state index contributed by atoms with van der Waals surface area (Å²) in [6.07, 6.45) is 1.01. The van der Waals surface area contributed by atoms with Gasteiger partial charge in [-0.3, -0.25) is 4.79 Å². The number of benzene rings is 1. The van der Waals surface area contributed by atoms with Crippen molar-refractivity contribution in [3.8, 4) is 6.07 Å². The molecule has 0 unspecified atom stereocenters. The second-order valence-corrected chi connectivity index (χ2v) is 7.14. The lowest BCUT2D eigenvalue weighted by molar-refractivity contribution is 0.0764. The molecule has 100 valence electrons. The molecule has 0 aliphatic carbocycles. The number of amides is 1. The number of hydrogen-bond acceptors (Lipinski definition) is 3. The van der Waals surface area contributed by atoms with Crippen molar-refractivity contribution in [3.63, 3.8) is 0 Å². The lowest BCUT2D eigenvalue weighted by Crippen LogP contribution is -2.33. The van der Waals surface area contributed by atoms with E-state index in [9.17, 15) is 4.79 Å². The van der Waals surface area contributed by atoms with E-state index in [1.165, 1.54) is 0 Å². The van der Waals surface area contributed by atoms with Gasteiger partial charge < -0.3 is 4.90 Å². The predicted molar refractivity (Wildman–Crippen MR) is 78.2 cm³/mol. The molecule has 1 amide bonds. The summed E-state index contributed by atoms with van der Waals surface area (Å²) in [4.78, 5) is 14.3. The maximum absolute atomic E-state index is 12.4. The van der Waals surface area contributed by atoms with Gasteiger partial charge in [-0.05, 0) is 30.7 Å². The number of thioether (sulfide) groups is 1. The van der Waals surface area contributed by atoms with Gasteiger partial charge in [0, 0.05) is 29.2 Å². The Morgan fingerprint density at radius 1 is 1.32 bits per heavy atom. The Morgan fingerprint density at radius 3 is 2.63 bits per heavy atom. The van der Waals surface area contributed by atoms with E-state index in [4.69, 9.17) is 5.26 Å². The Labute approximate surface area is 118 Å². The molecule has 4 heteroatoms. The summed E-state index contributed by atoms with van der Waals surface area (Å²) in [7, 11) is 0. The largest absolute Gasteiger partial charge is 0.338 e. The summed E-state index contributed by atoms with van der Waals surface area (Å²) >= 11 is 1.93. The molecule has 0 aromatic heterocycles. The number of carbonyl (C=O) groups excluding carboxylic acids is 1. The Hall–Kier alpha value is -1.47. The molecule has 0 bridgehead atoms. The molecule has 1 heterocycles. The Kier molecular flexibility index (Phi) is 4.16. The van der Waals surface area contributed by atoms with Gasteiger partial charge in [0.1, 0.15) is 0 Å². The molecule has 0 saturated carbocycles. The minimum absolute atomic E-state index is 0.0720. The SMILES string of the molecule is CC1(C)CCN(C(=O)c2ccc(C#N)cc2)CCS1. The van der Waals surface area contributed by atoms with Crippen molar-refractivity contribution in [1.29, 1.82) is 5.26 Å². The van der Waals surface area contributed by atoms with Gasteiger partial charge >= 0.3 is 0 Å². The van der Waals surface area contributed by atoms with E-state index in [2.05, 4.69) is 19.9 Å². The second-order valence-electron chi connectivity index (χ2n) is 5.34. The molecule has 1 aromatic carbocycles. The van der Waals surface area contributed by atoms with Crippen LogP contribution >= 0.6 is 11.8 Å². The van der Waals surface area contributed by atoms with E-state index in [1.807, 2.05) is 16.7 Å². The topological polar surface area (TPSA) is 44.1 Å². The fraction of sp³-hybridized carbons (Fsp3) is 0.467. The third kappa shape index (κ3) is 3.51. The lowest BCUT2D eigenvalue weighted by Gasteiger charge is -2.22. The standard InChI is InChI=1S/C15H18N2OS/c1-15(2)7-8-17(9-10-19-15)14(18)13-5-3-12(11-16)4-6-13/h3-6H,7-10H2,1-2H3. The molecular weight excluding hydrogens is 256 g/mol. The first kappa shape index (κ1) is 14.0. The molecule has 0 atom stereocenters. The Balaban J connectivity index is 2.08. The van der Waals surface area contributed by atoms with Crippen LogP contribution in [0.25, 0.3) is 0 Å². The van der Waals surface area contributed by atoms with Crippen molar-refractivity contribution in [2.24, 2.45) is 0 Å². The van der Waals surface area contributed by atoms with Crippen molar-refractivity contribution in [2.45, 2.75) is 25.0 Å². The third-order valence-corrected chi connectivity index (χ3v) is 4.76. The van der Waals surface area contributed by atoms with E-state index >= 15 is 0 Å². The number of nitriles is 1. The van der Waals surface area contributed by atoms with Crippen molar-refractivity contribution < 1.29 is 4.79 Å². The third-order valence-electron chi connectivity index (χ3n) is 3.39. The van der Waals surface area contributed by atoms with Gasteiger partial charge in [-0.15, -0.1) is 0 Å². The second kappa shape index (κ2) is 5.66. The van der Waals surface area contributed by atoms with Gasteiger partial charge in [-0.1, -0.05) is 13.8 Å². The van der Waals surface area contributed by atoms with Crippen LogP contribution in [0.4, 0.5) is 0 Å². The Morgan fingerprint density at radius 2 is 2.00 bits per heavy atom. The maximum atomic E-state index is 12.4. The van der Waals surface area contributed by atoms with Gasteiger partial charge in [0.15, 0.2) is 0 Å². The van der Waals surface area contributed by atoms with Crippen LogP contribution in [0.3, 0.4) is 0 Å². The molecule has 1 aromatic rings. The number of carbonyl (C=O) groups is 1. The number of rotatable bonds is 1. The fourth-order valence-electron chi connectivity index (χ4n) is 2.09. The summed E-state index contributed by atoms with van der Waals surface area (Å²) in [6.45, 7) is 6.06. The summed E-state index contributed by atoms with van der Waals surface area (Å²) in [5.74, 6) is 1.05. The molecule has 1 fully saturated rings. The average Bonchev–Trinajstić information content (AvgIpc) is 2.59. The highest BCUT2D eigenvalue weighted by Gasteiger charge is 2.26. The first-order valence-electron chi connectivity index (χ1n) is 6.45. The normalized spacial score (nSPS) is 18.5. The van der Waals surface area contributed by atoms with Crippen LogP contribution < -0.4 is 0 Å². The zero-order valence-electron chi connectivity index (χ0n) is 11.3. The van der Waals surface area contributed by atoms with Crippen LogP contribution in [0.1, 0.15) is 36.2 Å². The first-order valence-corrected chi connectivity index (χ1v) is 7.44. The molecule has 19 heavy (non-hydrogen) atoms. The number of nitrogens with zero attached hydrogens (tertiary/aromatic N) is 2. The molecule has 0 spiro atoms. The van der Waals surface area contributed by atoms with Crippen LogP contribution in [0.5, 0.6) is 0 Å². The van der Waals surface area contributed by atoms with Crippen molar-refractivity contribution >= 4 is 17.7 Å². The van der Waals surface area contributed by atoms with E-state index < -0.39 is 0 Å². The smallest absolute Gasteiger partial charge is 0.253 e. The number of hydrogen-bond donors (Lipinski definition) is 0. The first-order chi connectivity index (χ1) is 9.02. The average molecular weight is 274 g/mol. The van der Waals surface area contributed by atoms with Crippen molar-refractivity contribution in [2.75, 3.05) is 18.8 Å². The van der Waals surface area contributed by atoms with Crippen molar-refractivity contribution in [1.82, 2.24) is 4.90 Å². The molecule has 1 aliphatic rings. The lowest BCUT2D eigenvalue weighted by atomic mass is 10.1. The summed E-state index contributed by atoms with van der Waals surface area (Å²) in [6, 6.07) is 8.94. The highest BCUT2D eigenvalue weighted by atomic mass is 32.2. The molecule has 0 radical (unpaired) electrons. The van der Waals surface area contributed by atoms with Crippen LogP contribution in [0.2, 0.25) is 0 Å². The monoisotopic (exact) mass is 274 g/mol. The molecule has 3 nitrogen and oxygen atoms in total. The van der Waals surface area contributed by atoms with E-state index in [1.54, 1.807) is 24.3 Å². The van der Waals surface area contributed by atoms with Gasteiger partial charge in [-0.25, -0.2) is 0 Å². The van der Waals surface area contributed by atoms with Crippen molar-refractivity contribution in [3.05, 3.63) is 35.4 Å². The Bertz CT molecular complexity index is 502. The minimum atomic E-state index is 0.0720. The zero-order chi connectivity index (χ0) is 13.9. The van der Waals surface area contributed by atoms with Crippen LogP contribution in [-0.4, -0.2) is 34.4 Å². The van der Waals surface area contributed by atoms with Crippen LogP contribution in [0, 0.1) is 11.3 Å². The summed E-state index contributed by atoms with van der Waals surface area (Å²) in [5, 5.41) is 8.76. The van der Waals surface area contributed by atoms with E-state index in [-0.39, 0.29) is 10.7 Å². The highest BCUT2D eigenvalue weighted by Crippen LogP contribution is 2.31. The summed E-state index contributed by atoms with van der Waals surface area (Å²) in [5.41, 5.74) is 1.26. The highest BCUT2D eigenvalue weighted by molar-refractivity contribution is 8.00. The zero-order valence-corrected chi connectivity index (χ0v) is 12.2. The van der Waals surface area contributed by atoms with Gasteiger partial charge in [0.05, 0.1) is 11.6 Å². The van der Waals surface area contributed by atoms with Gasteiger partial charge in [0.25, 0.3) is 5.91 Å². The maximum Gasteiger partial charge on any atom is 0.253 e. The van der Waals surface area contributed by atoms with E-state index in [0.29, 0.717) is 11.1 Å². The van der Waals surface area contributed by atoms with E-state index in [0.717, 1.165) is 25.3 Å². The van der Waals surface area contributed by atoms with Crippen LogP contribution in [-0.2, 0) is 0 Å². The fourth-order valence-corrected chi connectivity index (χ4v) is 3.19. The quantitative estimate of drug-likeness (QED) is 0.791. The molecule has 1 saturated heterocycles.